The van der Waals surface area contributed by atoms with E-state index in [1.807, 2.05) is 0 Å². The van der Waals surface area contributed by atoms with Gasteiger partial charge in [0.15, 0.2) is 5.78 Å². The molecule has 5 nitrogen and oxygen atoms in total. The van der Waals surface area contributed by atoms with Crippen molar-refractivity contribution in [3.05, 3.63) is 54.1 Å². The molecule has 0 saturated carbocycles. The molecule has 0 N–H and O–H groups in total. The lowest BCUT2D eigenvalue weighted by molar-refractivity contribution is -0.144. The van der Waals surface area contributed by atoms with Crippen molar-refractivity contribution in [2.24, 2.45) is 0 Å². The van der Waals surface area contributed by atoms with Gasteiger partial charge in [-0.2, -0.15) is 0 Å². The number of hydrogen-bond acceptors (Lipinski definition) is 5. The largest absolute Gasteiger partial charge is 0.465 e. The van der Waals surface area contributed by atoms with Gasteiger partial charge in [0, 0.05) is 0 Å². The Balaban J connectivity index is 2.56. The van der Waals surface area contributed by atoms with E-state index in [2.05, 4.69) is 11.3 Å². The van der Waals surface area contributed by atoms with Crippen LogP contribution in [0.5, 0.6) is 0 Å². The number of esters is 2. The van der Waals surface area contributed by atoms with Crippen LogP contribution in [0.2, 0.25) is 0 Å². The van der Waals surface area contributed by atoms with Crippen LogP contribution in [0.3, 0.4) is 0 Å². The molecule has 0 aliphatic rings. The standard InChI is InChI=1S/C16H16O5/c1-3-10-21-15(18)11-14(17)9-6-12-4-7-13(8-5-12)16(19)20-2/h3-9H,1,10-11H2,2H3. The molecule has 0 atom stereocenters. The van der Waals surface area contributed by atoms with E-state index in [1.54, 1.807) is 30.3 Å². The van der Waals surface area contributed by atoms with Crippen LogP contribution in [-0.2, 0) is 19.1 Å². The monoisotopic (exact) mass is 288 g/mol. The number of ether oxygens (including phenoxy) is 2. The summed E-state index contributed by atoms with van der Waals surface area (Å²) in [4.78, 5) is 34.0. The highest BCUT2D eigenvalue weighted by Gasteiger charge is 2.07. The van der Waals surface area contributed by atoms with Crippen LogP contribution in [0, 0.1) is 0 Å². The Morgan fingerprint density at radius 2 is 1.86 bits per heavy atom. The smallest absolute Gasteiger partial charge is 0.337 e. The highest BCUT2D eigenvalue weighted by atomic mass is 16.5. The van der Waals surface area contributed by atoms with Gasteiger partial charge in [-0.15, -0.1) is 0 Å². The lowest BCUT2D eigenvalue weighted by Gasteiger charge is -2.00. The maximum Gasteiger partial charge on any atom is 0.337 e. The van der Waals surface area contributed by atoms with Crippen LogP contribution in [-0.4, -0.2) is 31.4 Å². The van der Waals surface area contributed by atoms with E-state index in [9.17, 15) is 14.4 Å². The zero-order valence-corrected chi connectivity index (χ0v) is 11.7. The summed E-state index contributed by atoms with van der Waals surface area (Å²) >= 11 is 0. The van der Waals surface area contributed by atoms with Crippen LogP contribution in [0.1, 0.15) is 22.3 Å². The van der Waals surface area contributed by atoms with Crippen LogP contribution in [0.15, 0.2) is 43.0 Å². The molecule has 0 saturated heterocycles. The third-order valence-corrected chi connectivity index (χ3v) is 2.47. The van der Waals surface area contributed by atoms with Gasteiger partial charge in [0.05, 0.1) is 12.7 Å². The predicted molar refractivity (Wildman–Crippen MR) is 77.6 cm³/mol. The molecule has 1 rings (SSSR count). The average Bonchev–Trinajstić information content (AvgIpc) is 2.50. The first-order chi connectivity index (χ1) is 10.1. The Labute approximate surface area is 122 Å². The first-order valence-electron chi connectivity index (χ1n) is 6.22. The van der Waals surface area contributed by atoms with E-state index < -0.39 is 11.9 Å². The summed E-state index contributed by atoms with van der Waals surface area (Å²) in [5.41, 5.74) is 1.16. The molecule has 0 unspecified atom stereocenters. The molecule has 0 heterocycles. The van der Waals surface area contributed by atoms with Gasteiger partial charge in [0.1, 0.15) is 13.0 Å². The molecule has 0 spiro atoms. The minimum Gasteiger partial charge on any atom is -0.465 e. The SMILES string of the molecule is C=CCOC(=O)CC(=O)C=Cc1ccc(C(=O)OC)cc1. The number of rotatable bonds is 7. The van der Waals surface area contributed by atoms with Crippen molar-refractivity contribution in [2.75, 3.05) is 13.7 Å². The number of benzene rings is 1. The number of methoxy groups -OCH3 is 1. The second kappa shape index (κ2) is 8.47. The van der Waals surface area contributed by atoms with Gasteiger partial charge < -0.3 is 9.47 Å². The van der Waals surface area contributed by atoms with Gasteiger partial charge >= 0.3 is 11.9 Å². The maximum atomic E-state index is 11.5. The maximum absolute atomic E-state index is 11.5. The molecule has 0 aliphatic heterocycles. The summed E-state index contributed by atoms with van der Waals surface area (Å²) < 4.78 is 9.29. The lowest BCUT2D eigenvalue weighted by atomic mass is 10.1. The Kier molecular flexibility index (Phi) is 6.60. The molecule has 0 aromatic heterocycles. The van der Waals surface area contributed by atoms with Crippen molar-refractivity contribution in [2.45, 2.75) is 6.42 Å². The van der Waals surface area contributed by atoms with E-state index in [1.165, 1.54) is 19.3 Å². The second-order valence-electron chi connectivity index (χ2n) is 4.06. The van der Waals surface area contributed by atoms with Gasteiger partial charge in [-0.1, -0.05) is 30.9 Å². The van der Waals surface area contributed by atoms with Crippen molar-refractivity contribution in [3.63, 3.8) is 0 Å². The van der Waals surface area contributed by atoms with Crippen molar-refractivity contribution >= 4 is 23.8 Å². The van der Waals surface area contributed by atoms with Crippen molar-refractivity contribution in [1.82, 2.24) is 0 Å². The highest BCUT2D eigenvalue weighted by molar-refractivity contribution is 6.04. The first-order valence-corrected chi connectivity index (χ1v) is 6.22. The summed E-state index contributed by atoms with van der Waals surface area (Å²) in [5, 5.41) is 0. The molecular formula is C16H16O5. The fourth-order valence-electron chi connectivity index (χ4n) is 1.44. The molecule has 0 amide bonds. The molecule has 5 heteroatoms. The van der Waals surface area contributed by atoms with Gasteiger partial charge in [-0.05, 0) is 23.8 Å². The number of ketones is 1. The third kappa shape index (κ3) is 5.86. The Bertz CT molecular complexity index is 555. The number of hydrogen-bond donors (Lipinski definition) is 0. The molecule has 1 aromatic rings. The van der Waals surface area contributed by atoms with E-state index in [-0.39, 0.29) is 18.8 Å². The third-order valence-electron chi connectivity index (χ3n) is 2.47. The molecule has 0 aliphatic carbocycles. The van der Waals surface area contributed by atoms with Crippen LogP contribution >= 0.6 is 0 Å². The summed E-state index contributed by atoms with van der Waals surface area (Å²) in [6.07, 6.45) is 3.97. The summed E-state index contributed by atoms with van der Waals surface area (Å²) in [5.74, 6) is -1.38. The topological polar surface area (TPSA) is 69.7 Å². The minimum atomic E-state index is -0.592. The van der Waals surface area contributed by atoms with Gasteiger partial charge in [-0.25, -0.2) is 4.79 Å². The molecule has 0 bridgehead atoms. The zero-order valence-electron chi connectivity index (χ0n) is 11.7. The van der Waals surface area contributed by atoms with Crippen LogP contribution in [0.25, 0.3) is 6.08 Å². The Morgan fingerprint density at radius 3 is 2.43 bits per heavy atom. The predicted octanol–water partition coefficient (Wildman–Crippen LogP) is 2.17. The number of carbonyl (C=O) groups excluding carboxylic acids is 3. The summed E-state index contributed by atoms with van der Waals surface area (Å²) in [6, 6.07) is 6.53. The fraction of sp³-hybridized carbons (Fsp3) is 0.188. The van der Waals surface area contributed by atoms with Crippen molar-refractivity contribution < 1.29 is 23.9 Å². The Morgan fingerprint density at radius 1 is 1.19 bits per heavy atom. The van der Waals surface area contributed by atoms with Crippen LogP contribution < -0.4 is 0 Å². The van der Waals surface area contributed by atoms with Crippen molar-refractivity contribution in [3.8, 4) is 0 Å². The van der Waals surface area contributed by atoms with Crippen LogP contribution in [0.4, 0.5) is 0 Å². The number of allylic oxidation sites excluding steroid dienone is 1. The normalized spacial score (nSPS) is 10.1. The minimum absolute atomic E-state index is 0.0881. The lowest BCUT2D eigenvalue weighted by Crippen LogP contribution is -2.09. The molecule has 0 fully saturated rings. The van der Waals surface area contributed by atoms with Gasteiger partial charge in [-0.3, -0.25) is 9.59 Å². The average molecular weight is 288 g/mol. The van der Waals surface area contributed by atoms with Gasteiger partial charge in [0.25, 0.3) is 0 Å². The van der Waals surface area contributed by atoms with E-state index in [4.69, 9.17) is 4.74 Å². The fourth-order valence-corrected chi connectivity index (χ4v) is 1.44. The molecule has 1 aromatic carbocycles. The molecular weight excluding hydrogens is 272 g/mol. The summed E-state index contributed by atoms with van der Waals surface area (Å²) in [7, 11) is 1.31. The number of carbonyl (C=O) groups is 3. The van der Waals surface area contributed by atoms with Gasteiger partial charge in [0.2, 0.25) is 0 Å². The molecule has 21 heavy (non-hydrogen) atoms. The zero-order chi connectivity index (χ0) is 15.7. The quantitative estimate of drug-likeness (QED) is 0.333. The second-order valence-corrected chi connectivity index (χ2v) is 4.06. The first kappa shape index (κ1) is 16.4. The molecule has 110 valence electrons. The Hall–Kier alpha value is -2.69. The highest BCUT2D eigenvalue weighted by Crippen LogP contribution is 2.07. The van der Waals surface area contributed by atoms with Crippen molar-refractivity contribution in [1.29, 1.82) is 0 Å². The van der Waals surface area contributed by atoms with E-state index in [0.717, 1.165) is 5.56 Å². The van der Waals surface area contributed by atoms with E-state index >= 15 is 0 Å². The van der Waals surface area contributed by atoms with E-state index in [0.29, 0.717) is 5.56 Å². The summed E-state index contributed by atoms with van der Waals surface area (Å²) in [6.45, 7) is 3.49. The molecule has 0 radical (unpaired) electrons.